The third-order valence-electron chi connectivity index (χ3n) is 8.28. The summed E-state index contributed by atoms with van der Waals surface area (Å²) in [5.74, 6) is -4.83. The number of aryl methyl sites for hydroxylation is 1. The third kappa shape index (κ3) is 3.75. The Kier molecular flexibility index (Phi) is 5.95. The number of hydrogen-bond acceptors (Lipinski definition) is 7. The van der Waals surface area contributed by atoms with Gasteiger partial charge in [-0.3, -0.25) is 19.3 Å². The first-order valence-electron chi connectivity index (χ1n) is 12.6. The van der Waals surface area contributed by atoms with E-state index in [1.165, 1.54) is 6.42 Å². The quantitative estimate of drug-likeness (QED) is 0.486. The van der Waals surface area contributed by atoms with Gasteiger partial charge in [0, 0.05) is 24.1 Å². The van der Waals surface area contributed by atoms with Crippen LogP contribution in [0.1, 0.15) is 61.3 Å². The van der Waals surface area contributed by atoms with Crippen molar-refractivity contribution in [3.63, 3.8) is 0 Å². The van der Waals surface area contributed by atoms with Gasteiger partial charge in [0.1, 0.15) is 22.8 Å². The van der Waals surface area contributed by atoms with Gasteiger partial charge in [-0.05, 0) is 68.2 Å². The highest BCUT2D eigenvalue weighted by atomic mass is 16.3. The molecule has 0 bridgehead atoms. The van der Waals surface area contributed by atoms with Crippen molar-refractivity contribution in [1.82, 2.24) is 4.90 Å². The number of piperidine rings is 1. The lowest BCUT2D eigenvalue weighted by Crippen LogP contribution is -2.44. The number of likely N-dealkylation sites (tertiary alicyclic amines) is 1. The topological polar surface area (TPSA) is 141 Å². The summed E-state index contributed by atoms with van der Waals surface area (Å²) >= 11 is 0. The molecule has 3 aliphatic carbocycles. The van der Waals surface area contributed by atoms with Gasteiger partial charge >= 0.3 is 0 Å². The van der Waals surface area contributed by atoms with E-state index in [1.807, 2.05) is 13.0 Å². The molecule has 1 aromatic rings. The number of nitrogens with two attached hydrogens (primary N) is 1. The zero-order chi connectivity index (χ0) is 25.0. The number of carbonyl (C=O) groups is 3. The van der Waals surface area contributed by atoms with Crippen molar-refractivity contribution in [1.29, 1.82) is 0 Å². The number of aromatic hydroxyl groups is 1. The molecule has 35 heavy (non-hydrogen) atoms. The first-order chi connectivity index (χ1) is 16.7. The zero-order valence-corrected chi connectivity index (χ0v) is 20.0. The molecule has 0 radical (unpaired) electrons. The fraction of sp³-hybridized carbons (Fsp3) is 0.519. The Hall–Kier alpha value is -3.13. The summed E-state index contributed by atoms with van der Waals surface area (Å²) in [6, 6.07) is 2.02. The van der Waals surface area contributed by atoms with E-state index in [2.05, 4.69) is 4.90 Å². The number of phenolic OH excluding ortho intramolecular Hbond substituents is 1. The Bertz CT molecular complexity index is 1190. The van der Waals surface area contributed by atoms with E-state index in [0.29, 0.717) is 24.9 Å². The molecule has 4 aliphatic rings. The van der Waals surface area contributed by atoms with Crippen molar-refractivity contribution in [3.05, 3.63) is 45.2 Å². The highest BCUT2D eigenvalue weighted by Crippen LogP contribution is 2.51. The van der Waals surface area contributed by atoms with Gasteiger partial charge < -0.3 is 21.1 Å². The molecule has 3 atom stereocenters. The normalized spacial score (nSPS) is 26.9. The number of nitrogens with zero attached hydrogens (tertiary/aromatic N) is 1. The van der Waals surface area contributed by atoms with E-state index in [9.17, 15) is 29.7 Å². The smallest absolute Gasteiger partial charge is 0.255 e. The lowest BCUT2D eigenvalue weighted by molar-refractivity contribution is -0.127. The minimum absolute atomic E-state index is 0.00226. The summed E-state index contributed by atoms with van der Waals surface area (Å²) in [7, 11) is 0. The number of fused-ring (bicyclic) bond motifs is 3. The number of phenols is 1. The maximum absolute atomic E-state index is 13.6. The van der Waals surface area contributed by atoms with Crippen LogP contribution >= 0.6 is 0 Å². The molecule has 1 saturated heterocycles. The summed E-state index contributed by atoms with van der Waals surface area (Å²) in [5.41, 5.74) is 7.85. The predicted octanol–water partition coefficient (Wildman–Crippen LogP) is 2.86. The summed E-state index contributed by atoms with van der Waals surface area (Å²) in [6.45, 7) is 4.52. The van der Waals surface area contributed by atoms with Gasteiger partial charge in [-0.15, -0.1) is 0 Å². The maximum Gasteiger partial charge on any atom is 0.255 e. The average molecular weight is 481 g/mol. The van der Waals surface area contributed by atoms with Crippen LogP contribution in [0.3, 0.4) is 0 Å². The summed E-state index contributed by atoms with van der Waals surface area (Å²) in [4.78, 5) is 40.1. The Balaban J connectivity index is 1.60. The lowest BCUT2D eigenvalue weighted by Gasteiger charge is -2.41. The highest BCUT2D eigenvalue weighted by molar-refractivity contribution is 6.21. The molecule has 8 heteroatoms. The molecule has 0 aromatic heterocycles. The number of aliphatic hydroxyl groups is 2. The van der Waals surface area contributed by atoms with E-state index in [4.69, 9.17) is 5.73 Å². The van der Waals surface area contributed by atoms with Crippen molar-refractivity contribution in [2.45, 2.75) is 58.4 Å². The van der Waals surface area contributed by atoms with Crippen molar-refractivity contribution in [2.75, 3.05) is 13.1 Å². The average Bonchev–Trinajstić information content (AvgIpc) is 2.80. The van der Waals surface area contributed by atoms with Crippen LogP contribution in [0.25, 0.3) is 5.76 Å². The lowest BCUT2D eigenvalue weighted by atomic mass is 9.61. The number of primary amides is 1. The summed E-state index contributed by atoms with van der Waals surface area (Å²) in [5, 5.41) is 33.3. The number of carbonyl (C=O) groups excluding carboxylic acids is 3. The van der Waals surface area contributed by atoms with Gasteiger partial charge in [0.05, 0.1) is 11.5 Å². The molecule has 1 amide bonds. The second-order valence-corrected chi connectivity index (χ2v) is 10.3. The van der Waals surface area contributed by atoms with Gasteiger partial charge in [-0.2, -0.15) is 0 Å². The number of benzene rings is 1. The zero-order valence-electron chi connectivity index (χ0n) is 20.0. The molecule has 5 N–H and O–H groups in total. The Morgan fingerprint density at radius 3 is 2.46 bits per heavy atom. The summed E-state index contributed by atoms with van der Waals surface area (Å²) < 4.78 is 0. The van der Waals surface area contributed by atoms with Gasteiger partial charge in [0.15, 0.2) is 11.6 Å². The van der Waals surface area contributed by atoms with Crippen LogP contribution in [0.5, 0.6) is 5.75 Å². The standard InChI is InChI=1S/C27H32N2O6/c1-2-13-8-16(12-29-6-4-3-5-7-29)23(31)21-17(13)10-14-9-15-11-18(30)22(27(28)35)26(34)20(15)24(32)19(14)25(21)33/h8,14-15,20,31,33-34H,2-7,9-12H2,1H3,(H2,28,35). The summed E-state index contributed by atoms with van der Waals surface area (Å²) in [6.07, 6.45) is 4.99. The van der Waals surface area contributed by atoms with Crippen LogP contribution in [0.15, 0.2) is 23.0 Å². The van der Waals surface area contributed by atoms with Crippen LogP contribution in [0, 0.1) is 17.8 Å². The van der Waals surface area contributed by atoms with Crippen LogP contribution in [-0.4, -0.2) is 50.8 Å². The van der Waals surface area contributed by atoms with Crippen LogP contribution in [0.2, 0.25) is 0 Å². The molecule has 2 fully saturated rings. The largest absolute Gasteiger partial charge is 0.511 e. The molecule has 3 unspecified atom stereocenters. The van der Waals surface area contributed by atoms with Gasteiger partial charge in [0.25, 0.3) is 5.91 Å². The predicted molar refractivity (Wildman–Crippen MR) is 128 cm³/mol. The Morgan fingerprint density at radius 1 is 1.09 bits per heavy atom. The minimum Gasteiger partial charge on any atom is -0.511 e. The van der Waals surface area contributed by atoms with E-state index in [0.717, 1.165) is 49.0 Å². The number of ketones is 2. The molecular weight excluding hydrogens is 448 g/mol. The second kappa shape index (κ2) is 8.82. The van der Waals surface area contributed by atoms with E-state index < -0.39 is 40.6 Å². The van der Waals surface area contributed by atoms with Crippen LogP contribution in [-0.2, 0) is 33.8 Å². The molecular formula is C27H32N2O6. The fourth-order valence-corrected chi connectivity index (χ4v) is 6.64. The molecule has 1 saturated carbocycles. The van der Waals surface area contributed by atoms with E-state index in [1.54, 1.807) is 0 Å². The number of aliphatic hydroxyl groups excluding tert-OH is 2. The van der Waals surface area contributed by atoms with Gasteiger partial charge in [-0.1, -0.05) is 19.4 Å². The Labute approximate surface area is 204 Å². The van der Waals surface area contributed by atoms with Crippen molar-refractivity contribution < 1.29 is 29.7 Å². The van der Waals surface area contributed by atoms with Gasteiger partial charge in [0.2, 0.25) is 0 Å². The molecule has 1 aromatic carbocycles. The number of hydrogen-bond donors (Lipinski definition) is 4. The first kappa shape index (κ1) is 23.6. The number of rotatable bonds is 4. The van der Waals surface area contributed by atoms with Crippen molar-refractivity contribution >= 4 is 23.2 Å². The number of allylic oxidation sites excluding steroid dienone is 2. The fourth-order valence-electron chi connectivity index (χ4n) is 6.64. The number of Topliss-reactive ketones (excluding diaryl/α,β-unsaturated/α-hetero) is 2. The molecule has 0 spiro atoms. The van der Waals surface area contributed by atoms with Crippen molar-refractivity contribution in [2.24, 2.45) is 23.5 Å². The SMILES string of the molecule is CCc1cc(CN2CCCCC2)c(O)c2c1CC1CC3CC(=O)C(C(N)=O)=C(O)C3C(=O)C1=C2O. The van der Waals surface area contributed by atoms with Crippen LogP contribution < -0.4 is 5.73 Å². The monoisotopic (exact) mass is 480 g/mol. The maximum atomic E-state index is 13.6. The van der Waals surface area contributed by atoms with Gasteiger partial charge in [-0.25, -0.2) is 0 Å². The first-order valence-corrected chi connectivity index (χ1v) is 12.6. The molecule has 186 valence electrons. The molecule has 1 aliphatic heterocycles. The highest BCUT2D eigenvalue weighted by Gasteiger charge is 2.51. The Morgan fingerprint density at radius 2 is 1.80 bits per heavy atom. The molecule has 1 heterocycles. The third-order valence-corrected chi connectivity index (χ3v) is 8.28. The van der Waals surface area contributed by atoms with Crippen LogP contribution in [0.4, 0.5) is 0 Å². The van der Waals surface area contributed by atoms with E-state index in [-0.39, 0.29) is 29.4 Å². The molecule has 5 rings (SSSR count). The van der Waals surface area contributed by atoms with E-state index >= 15 is 0 Å². The minimum atomic E-state index is -1.09. The second-order valence-electron chi connectivity index (χ2n) is 10.3. The number of amides is 1. The molecule has 8 nitrogen and oxygen atoms in total. The van der Waals surface area contributed by atoms with Crippen molar-refractivity contribution in [3.8, 4) is 5.75 Å².